The second kappa shape index (κ2) is 11.7. The molecule has 29 heavy (non-hydrogen) atoms. The highest BCUT2D eigenvalue weighted by molar-refractivity contribution is 7.91. The van der Waals surface area contributed by atoms with Crippen LogP contribution in [0.25, 0.3) is 0 Å². The summed E-state index contributed by atoms with van der Waals surface area (Å²) in [4.78, 5) is 0.198. The van der Waals surface area contributed by atoms with Crippen molar-refractivity contribution < 1.29 is 37.9 Å². The molecule has 0 radical (unpaired) electrons. The van der Waals surface area contributed by atoms with Crippen LogP contribution in [-0.2, 0) is 21.0 Å². The number of rotatable bonds is 13. The number of sulfone groups is 1. The molecule has 2 rings (SSSR count). The first-order valence-corrected chi connectivity index (χ1v) is 10.6. The Morgan fingerprint density at radius 3 is 2.07 bits per heavy atom. The predicted octanol–water partition coefficient (Wildman–Crippen LogP) is 0.813. The number of benzene rings is 2. The second-order valence-electron chi connectivity index (χ2n) is 5.97. The molecule has 0 unspecified atom stereocenters. The minimum atomic E-state index is -3.76. The van der Waals surface area contributed by atoms with E-state index in [2.05, 4.69) is 0 Å². The Kier molecular flexibility index (Phi) is 9.36. The molecule has 0 aliphatic carbocycles. The van der Waals surface area contributed by atoms with Gasteiger partial charge in [-0.15, -0.1) is 0 Å². The Morgan fingerprint density at radius 2 is 1.41 bits per heavy atom. The van der Waals surface area contributed by atoms with Crippen molar-refractivity contribution >= 4 is 9.84 Å². The average Bonchev–Trinajstić information content (AvgIpc) is 2.73. The summed E-state index contributed by atoms with van der Waals surface area (Å²) in [5.41, 5.74) is 0.546. The molecule has 9 heteroatoms. The van der Waals surface area contributed by atoms with Crippen LogP contribution in [0.4, 0.5) is 0 Å². The Morgan fingerprint density at radius 1 is 0.724 bits per heavy atom. The van der Waals surface area contributed by atoms with Gasteiger partial charge in [-0.2, -0.15) is 0 Å². The maximum atomic E-state index is 12.9. The molecular formula is C20H26O8S. The van der Waals surface area contributed by atoms with Crippen molar-refractivity contribution in [3.8, 4) is 11.5 Å². The number of hydrogen-bond donors (Lipinski definition) is 3. The molecule has 0 heterocycles. The topological polar surface area (TPSA) is 123 Å². The summed E-state index contributed by atoms with van der Waals surface area (Å²) < 4.78 is 41.8. The van der Waals surface area contributed by atoms with Crippen LogP contribution in [0.15, 0.2) is 52.3 Å². The molecule has 2 aromatic carbocycles. The summed E-state index contributed by atoms with van der Waals surface area (Å²) in [5.74, 6) is 0.935. The lowest BCUT2D eigenvalue weighted by Crippen LogP contribution is -2.09. The minimum absolute atomic E-state index is 0.0544. The monoisotopic (exact) mass is 426 g/mol. The third kappa shape index (κ3) is 6.69. The van der Waals surface area contributed by atoms with Crippen molar-refractivity contribution in [2.45, 2.75) is 16.2 Å². The standard InChI is InChI=1S/C20H26O8S/c21-8-7-16-15-19(5-6-20(16)28-12-10-23)29(24,25)18-3-1-17(2-4-18)27-14-13-26-11-9-22/h1-6,15,21-23H,7-14H2. The van der Waals surface area contributed by atoms with Crippen LogP contribution in [0.5, 0.6) is 11.5 Å². The van der Waals surface area contributed by atoms with Crippen LogP contribution in [0, 0.1) is 0 Å². The summed E-state index contributed by atoms with van der Waals surface area (Å²) in [5, 5.41) is 26.8. The van der Waals surface area contributed by atoms with Crippen LogP contribution in [0.2, 0.25) is 0 Å². The van der Waals surface area contributed by atoms with E-state index in [4.69, 9.17) is 24.4 Å². The number of hydrogen-bond acceptors (Lipinski definition) is 8. The maximum Gasteiger partial charge on any atom is 0.206 e. The van der Waals surface area contributed by atoms with E-state index in [1.54, 1.807) is 12.1 Å². The van der Waals surface area contributed by atoms with Gasteiger partial charge in [0.05, 0.1) is 36.2 Å². The average molecular weight is 426 g/mol. The van der Waals surface area contributed by atoms with Crippen LogP contribution in [-0.4, -0.2) is 70.0 Å². The zero-order valence-corrected chi connectivity index (χ0v) is 16.8. The van der Waals surface area contributed by atoms with Crippen molar-refractivity contribution in [2.75, 3.05) is 46.2 Å². The van der Waals surface area contributed by atoms with Crippen LogP contribution < -0.4 is 9.47 Å². The molecule has 0 saturated heterocycles. The zero-order valence-electron chi connectivity index (χ0n) is 16.0. The Balaban J connectivity index is 2.14. The lowest BCUT2D eigenvalue weighted by atomic mass is 10.1. The molecule has 8 nitrogen and oxygen atoms in total. The van der Waals surface area contributed by atoms with Crippen molar-refractivity contribution in [2.24, 2.45) is 0 Å². The van der Waals surface area contributed by atoms with Gasteiger partial charge in [-0.1, -0.05) is 0 Å². The third-order valence-corrected chi connectivity index (χ3v) is 5.71. The first kappa shape index (κ1) is 23.1. The van der Waals surface area contributed by atoms with Gasteiger partial charge in [-0.25, -0.2) is 8.42 Å². The second-order valence-corrected chi connectivity index (χ2v) is 7.92. The molecule has 0 amide bonds. The minimum Gasteiger partial charge on any atom is -0.491 e. The molecule has 0 aromatic heterocycles. The lowest BCUT2D eigenvalue weighted by Gasteiger charge is -2.13. The molecule has 2 aromatic rings. The molecule has 0 spiro atoms. The highest BCUT2D eigenvalue weighted by atomic mass is 32.2. The van der Waals surface area contributed by atoms with Crippen LogP contribution in [0.1, 0.15) is 5.56 Å². The lowest BCUT2D eigenvalue weighted by molar-refractivity contribution is 0.0705. The van der Waals surface area contributed by atoms with Gasteiger partial charge in [0.15, 0.2) is 0 Å². The number of aliphatic hydroxyl groups is 3. The van der Waals surface area contributed by atoms with Gasteiger partial charge in [-0.3, -0.25) is 0 Å². The van der Waals surface area contributed by atoms with E-state index >= 15 is 0 Å². The molecular weight excluding hydrogens is 400 g/mol. The predicted molar refractivity (Wildman–Crippen MR) is 105 cm³/mol. The highest BCUT2D eigenvalue weighted by Gasteiger charge is 2.19. The van der Waals surface area contributed by atoms with E-state index in [0.29, 0.717) is 23.7 Å². The van der Waals surface area contributed by atoms with E-state index in [9.17, 15) is 13.5 Å². The largest absolute Gasteiger partial charge is 0.491 e. The molecule has 3 N–H and O–H groups in total. The molecule has 0 bridgehead atoms. The molecule has 0 fully saturated rings. The Labute approximate surface area is 170 Å². The van der Waals surface area contributed by atoms with Crippen molar-refractivity contribution in [1.29, 1.82) is 0 Å². The first-order chi connectivity index (χ1) is 14.0. The summed E-state index contributed by atoms with van der Waals surface area (Å²) in [7, 11) is -3.76. The number of ether oxygens (including phenoxy) is 3. The number of aliphatic hydroxyl groups excluding tert-OH is 3. The van der Waals surface area contributed by atoms with Gasteiger partial charge < -0.3 is 29.5 Å². The van der Waals surface area contributed by atoms with Crippen molar-refractivity contribution in [3.05, 3.63) is 48.0 Å². The normalized spacial score (nSPS) is 11.4. The summed E-state index contributed by atoms with van der Waals surface area (Å²) in [6.07, 6.45) is 0.231. The maximum absolute atomic E-state index is 12.9. The molecule has 0 aliphatic heterocycles. The van der Waals surface area contributed by atoms with E-state index < -0.39 is 9.84 Å². The quantitative estimate of drug-likeness (QED) is 0.402. The van der Waals surface area contributed by atoms with E-state index in [1.807, 2.05) is 0 Å². The molecule has 160 valence electrons. The van der Waals surface area contributed by atoms with Gasteiger partial charge in [0.2, 0.25) is 9.84 Å². The van der Waals surface area contributed by atoms with Crippen molar-refractivity contribution in [3.63, 3.8) is 0 Å². The van der Waals surface area contributed by atoms with E-state index in [-0.39, 0.29) is 55.9 Å². The first-order valence-electron chi connectivity index (χ1n) is 9.17. The third-order valence-electron chi connectivity index (χ3n) is 3.94. The summed E-state index contributed by atoms with van der Waals surface area (Å²) in [6, 6.07) is 10.5. The summed E-state index contributed by atoms with van der Waals surface area (Å²) >= 11 is 0. The zero-order chi connectivity index (χ0) is 21.1. The fourth-order valence-electron chi connectivity index (χ4n) is 2.57. The fourth-order valence-corrected chi connectivity index (χ4v) is 3.88. The molecule has 0 saturated carbocycles. The SMILES string of the molecule is O=S(=O)(c1ccc(OCCOCCO)cc1)c1ccc(OCCO)c(CCO)c1. The highest BCUT2D eigenvalue weighted by Crippen LogP contribution is 2.28. The molecule has 0 atom stereocenters. The molecule has 0 aliphatic rings. The fraction of sp³-hybridized carbons (Fsp3) is 0.400. The van der Waals surface area contributed by atoms with Gasteiger partial charge in [0, 0.05) is 6.61 Å². The van der Waals surface area contributed by atoms with E-state index in [1.165, 1.54) is 30.3 Å². The van der Waals surface area contributed by atoms with Crippen LogP contribution in [0.3, 0.4) is 0 Å². The van der Waals surface area contributed by atoms with Gasteiger partial charge in [0.1, 0.15) is 24.7 Å². The smallest absolute Gasteiger partial charge is 0.206 e. The Hall–Kier alpha value is -2.17. The summed E-state index contributed by atoms with van der Waals surface area (Å²) in [6.45, 7) is 0.541. The van der Waals surface area contributed by atoms with E-state index in [0.717, 1.165) is 0 Å². The van der Waals surface area contributed by atoms with Crippen molar-refractivity contribution in [1.82, 2.24) is 0 Å². The Bertz CT molecular complexity index is 849. The van der Waals surface area contributed by atoms with Gasteiger partial charge in [-0.05, 0) is 54.4 Å². The van der Waals surface area contributed by atoms with Gasteiger partial charge in [0.25, 0.3) is 0 Å². The van der Waals surface area contributed by atoms with Crippen LogP contribution >= 0.6 is 0 Å². The van der Waals surface area contributed by atoms with Gasteiger partial charge >= 0.3 is 0 Å².